The van der Waals surface area contributed by atoms with Gasteiger partial charge in [-0.15, -0.1) is 0 Å². The van der Waals surface area contributed by atoms with Crippen molar-refractivity contribution in [1.29, 1.82) is 0 Å². The Labute approximate surface area is 88.4 Å². The van der Waals surface area contributed by atoms with Gasteiger partial charge < -0.3 is 17.2 Å². The zero-order chi connectivity index (χ0) is 10.8. The van der Waals surface area contributed by atoms with Crippen molar-refractivity contribution in [2.75, 3.05) is 6.54 Å². The van der Waals surface area contributed by atoms with Crippen molar-refractivity contribution >= 4 is 0 Å². The van der Waals surface area contributed by atoms with Gasteiger partial charge in [-0.1, -0.05) is 19.8 Å². The maximum atomic E-state index is 5.96. The van der Waals surface area contributed by atoms with Gasteiger partial charge in [0.05, 0.1) is 0 Å². The molecule has 86 valence electrons. The van der Waals surface area contributed by atoms with Gasteiger partial charge >= 0.3 is 0 Å². The van der Waals surface area contributed by atoms with Gasteiger partial charge in [-0.3, -0.25) is 0 Å². The minimum atomic E-state index is 0.352. The third kappa shape index (κ3) is 8.48. The van der Waals surface area contributed by atoms with E-state index in [0.717, 1.165) is 45.1 Å². The van der Waals surface area contributed by atoms with Crippen LogP contribution in [0.5, 0.6) is 0 Å². The smallest absolute Gasteiger partial charge is 0.00388 e. The summed E-state index contributed by atoms with van der Waals surface area (Å²) in [6.45, 7) is 2.92. The van der Waals surface area contributed by atoms with E-state index < -0.39 is 0 Å². The van der Waals surface area contributed by atoms with Crippen molar-refractivity contribution in [2.24, 2.45) is 17.2 Å². The first-order valence-corrected chi connectivity index (χ1v) is 5.92. The second kappa shape index (κ2) is 9.44. The summed E-state index contributed by atoms with van der Waals surface area (Å²) in [5, 5.41) is 0. The number of rotatable bonds is 9. The molecule has 0 aromatic carbocycles. The Morgan fingerprint density at radius 2 is 1.43 bits per heavy atom. The van der Waals surface area contributed by atoms with Crippen molar-refractivity contribution < 1.29 is 0 Å². The van der Waals surface area contributed by atoms with E-state index in [-0.39, 0.29) is 0 Å². The van der Waals surface area contributed by atoms with Gasteiger partial charge in [-0.2, -0.15) is 0 Å². The van der Waals surface area contributed by atoms with Crippen LogP contribution >= 0.6 is 0 Å². The standard InChI is InChI=1S/C11H27N3/c1-2-10(13)7-5-8-11(14)6-3-4-9-12/h10-11H,2-9,12-14H2,1H3. The van der Waals surface area contributed by atoms with E-state index in [2.05, 4.69) is 6.92 Å². The van der Waals surface area contributed by atoms with Gasteiger partial charge in [0.15, 0.2) is 0 Å². The van der Waals surface area contributed by atoms with Crippen molar-refractivity contribution in [2.45, 2.75) is 64.0 Å². The lowest BCUT2D eigenvalue weighted by Crippen LogP contribution is -2.23. The van der Waals surface area contributed by atoms with Crippen molar-refractivity contribution in [1.82, 2.24) is 0 Å². The molecule has 0 aliphatic rings. The molecule has 0 amide bonds. The van der Waals surface area contributed by atoms with E-state index in [0.29, 0.717) is 12.1 Å². The van der Waals surface area contributed by atoms with E-state index in [1.807, 2.05) is 0 Å². The lowest BCUT2D eigenvalue weighted by molar-refractivity contribution is 0.479. The molecule has 0 heterocycles. The summed E-state index contributed by atoms with van der Waals surface area (Å²) >= 11 is 0. The molecule has 0 aromatic heterocycles. The molecular weight excluding hydrogens is 174 g/mol. The van der Waals surface area contributed by atoms with Gasteiger partial charge in [-0.05, 0) is 38.6 Å². The summed E-state index contributed by atoms with van der Waals surface area (Å²) in [5.74, 6) is 0. The molecule has 0 saturated carbocycles. The molecule has 3 heteroatoms. The molecule has 0 saturated heterocycles. The fraction of sp³-hybridized carbons (Fsp3) is 1.00. The minimum Gasteiger partial charge on any atom is -0.330 e. The topological polar surface area (TPSA) is 78.1 Å². The molecule has 0 radical (unpaired) electrons. The Balaban J connectivity index is 3.21. The minimum absolute atomic E-state index is 0.352. The highest BCUT2D eigenvalue weighted by molar-refractivity contribution is 4.65. The molecule has 6 N–H and O–H groups in total. The van der Waals surface area contributed by atoms with Gasteiger partial charge in [-0.25, -0.2) is 0 Å². The molecule has 2 atom stereocenters. The second-order valence-electron chi connectivity index (χ2n) is 4.14. The van der Waals surface area contributed by atoms with E-state index in [1.54, 1.807) is 0 Å². The molecule has 0 bridgehead atoms. The number of hydrogen-bond donors (Lipinski definition) is 3. The first-order chi connectivity index (χ1) is 6.70. The Hall–Kier alpha value is -0.120. The van der Waals surface area contributed by atoms with Crippen LogP contribution in [0.2, 0.25) is 0 Å². The van der Waals surface area contributed by atoms with Crippen LogP contribution in [0.1, 0.15) is 51.9 Å². The monoisotopic (exact) mass is 201 g/mol. The summed E-state index contributed by atoms with van der Waals surface area (Å²) in [6.07, 6.45) is 7.83. The molecule has 0 aliphatic carbocycles. The first kappa shape index (κ1) is 13.9. The van der Waals surface area contributed by atoms with E-state index in [1.165, 1.54) is 6.42 Å². The molecule has 0 fully saturated rings. The van der Waals surface area contributed by atoms with Crippen LogP contribution < -0.4 is 17.2 Å². The second-order valence-corrected chi connectivity index (χ2v) is 4.14. The number of unbranched alkanes of at least 4 members (excludes halogenated alkanes) is 1. The van der Waals surface area contributed by atoms with Crippen molar-refractivity contribution in [3.63, 3.8) is 0 Å². The summed E-state index contributed by atoms with van der Waals surface area (Å²) < 4.78 is 0. The van der Waals surface area contributed by atoms with E-state index >= 15 is 0 Å². The molecule has 0 rings (SSSR count). The first-order valence-electron chi connectivity index (χ1n) is 5.92. The zero-order valence-corrected chi connectivity index (χ0v) is 9.54. The number of nitrogens with two attached hydrogens (primary N) is 3. The molecule has 3 nitrogen and oxygen atoms in total. The van der Waals surface area contributed by atoms with Gasteiger partial charge in [0.2, 0.25) is 0 Å². The lowest BCUT2D eigenvalue weighted by atomic mass is 10.0. The van der Waals surface area contributed by atoms with Crippen molar-refractivity contribution in [3.8, 4) is 0 Å². The highest BCUT2D eigenvalue weighted by Gasteiger charge is 2.04. The summed E-state index contributed by atoms with van der Waals surface area (Å²) in [6, 6.07) is 0.719. The van der Waals surface area contributed by atoms with Crippen LogP contribution in [-0.2, 0) is 0 Å². The average molecular weight is 201 g/mol. The predicted octanol–water partition coefficient (Wildman–Crippen LogP) is 1.35. The molecule has 2 unspecified atom stereocenters. The third-order valence-corrected chi connectivity index (χ3v) is 2.70. The van der Waals surface area contributed by atoms with Crippen LogP contribution in [0.15, 0.2) is 0 Å². The maximum absolute atomic E-state index is 5.96. The highest BCUT2D eigenvalue weighted by Crippen LogP contribution is 2.08. The molecular formula is C11H27N3. The highest BCUT2D eigenvalue weighted by atomic mass is 14.6. The Morgan fingerprint density at radius 1 is 0.857 bits per heavy atom. The van der Waals surface area contributed by atoms with E-state index in [4.69, 9.17) is 17.2 Å². The summed E-state index contributed by atoms with van der Waals surface area (Å²) in [7, 11) is 0. The third-order valence-electron chi connectivity index (χ3n) is 2.70. The maximum Gasteiger partial charge on any atom is 0.00388 e. The molecule has 0 aliphatic heterocycles. The Morgan fingerprint density at radius 3 is 2.00 bits per heavy atom. The van der Waals surface area contributed by atoms with Crippen LogP contribution in [0.3, 0.4) is 0 Å². The van der Waals surface area contributed by atoms with E-state index in [9.17, 15) is 0 Å². The zero-order valence-electron chi connectivity index (χ0n) is 9.54. The summed E-state index contributed by atoms with van der Waals surface area (Å²) in [4.78, 5) is 0. The van der Waals surface area contributed by atoms with Gasteiger partial charge in [0, 0.05) is 12.1 Å². The normalized spacial score (nSPS) is 15.4. The summed E-state index contributed by atoms with van der Waals surface area (Å²) in [5.41, 5.74) is 17.2. The Bertz CT molecular complexity index is 117. The lowest BCUT2D eigenvalue weighted by Gasteiger charge is -2.13. The molecule has 14 heavy (non-hydrogen) atoms. The predicted molar refractivity (Wildman–Crippen MR) is 63.0 cm³/mol. The van der Waals surface area contributed by atoms with Crippen LogP contribution in [0.4, 0.5) is 0 Å². The molecule has 0 aromatic rings. The number of hydrogen-bond acceptors (Lipinski definition) is 3. The SMILES string of the molecule is CCC(N)CCCC(N)CCCCN. The average Bonchev–Trinajstić information content (AvgIpc) is 2.18. The molecule has 0 spiro atoms. The largest absolute Gasteiger partial charge is 0.330 e. The van der Waals surface area contributed by atoms with Gasteiger partial charge in [0.25, 0.3) is 0 Å². The van der Waals surface area contributed by atoms with Crippen LogP contribution in [-0.4, -0.2) is 18.6 Å². The van der Waals surface area contributed by atoms with Crippen LogP contribution in [0.25, 0.3) is 0 Å². The fourth-order valence-corrected chi connectivity index (χ4v) is 1.54. The quantitative estimate of drug-likeness (QED) is 0.493. The van der Waals surface area contributed by atoms with Gasteiger partial charge in [0.1, 0.15) is 0 Å². The Kier molecular flexibility index (Phi) is 9.35. The van der Waals surface area contributed by atoms with Crippen molar-refractivity contribution in [3.05, 3.63) is 0 Å². The fourth-order valence-electron chi connectivity index (χ4n) is 1.54. The van der Waals surface area contributed by atoms with Crippen LogP contribution in [0, 0.1) is 0 Å².